The van der Waals surface area contributed by atoms with Crippen LogP contribution >= 0.6 is 0 Å². The number of rotatable bonds is 2. The van der Waals surface area contributed by atoms with E-state index in [1.165, 1.54) is 0 Å². The Hall–Kier alpha value is -1.32. The summed E-state index contributed by atoms with van der Waals surface area (Å²) in [5.41, 5.74) is 0. The molecule has 0 aromatic carbocycles. The zero-order valence-electron chi connectivity index (χ0n) is 13.3. The summed E-state index contributed by atoms with van der Waals surface area (Å²) in [6.45, 7) is 13.3. The third-order valence-corrected chi connectivity index (χ3v) is 2.79. The molecule has 0 radical (unpaired) electrons. The lowest BCUT2D eigenvalue weighted by Crippen LogP contribution is -2.31. The molecule has 0 bridgehead atoms. The van der Waals surface area contributed by atoms with E-state index in [2.05, 4.69) is 32.8 Å². The first kappa shape index (κ1) is 17.7. The Morgan fingerprint density at radius 1 is 1.16 bits per heavy atom. The summed E-state index contributed by atoms with van der Waals surface area (Å²) in [7, 11) is 0. The quantitative estimate of drug-likeness (QED) is 0.822. The number of aromatic nitrogens is 2. The molecule has 1 aliphatic heterocycles. The lowest BCUT2D eigenvalue weighted by Gasteiger charge is -2.19. The maximum Gasteiger partial charge on any atom is 0.222 e. The number of hydrogen-bond acceptors (Lipinski definition) is 2. The second-order valence-electron chi connectivity index (χ2n) is 4.86. The average Bonchev–Trinajstić information content (AvgIpc) is 3.02. The van der Waals surface area contributed by atoms with Gasteiger partial charge in [0.2, 0.25) is 5.91 Å². The summed E-state index contributed by atoms with van der Waals surface area (Å²) in [6.07, 6.45) is 5.57. The van der Waals surface area contributed by atoms with Crippen LogP contribution < -0.4 is 0 Å². The van der Waals surface area contributed by atoms with Crippen molar-refractivity contribution in [1.29, 1.82) is 0 Å². The van der Waals surface area contributed by atoms with Crippen molar-refractivity contribution in [2.45, 2.75) is 66.5 Å². The van der Waals surface area contributed by atoms with Crippen molar-refractivity contribution >= 4 is 5.91 Å². The molecular formula is C15H29N3O. The van der Waals surface area contributed by atoms with Crippen LogP contribution in [0.15, 0.2) is 18.5 Å². The van der Waals surface area contributed by atoms with Crippen molar-refractivity contribution in [3.05, 3.63) is 18.5 Å². The topological polar surface area (TPSA) is 38.1 Å². The van der Waals surface area contributed by atoms with E-state index in [1.54, 1.807) is 6.20 Å². The molecular weight excluding hydrogens is 238 g/mol. The van der Waals surface area contributed by atoms with Crippen LogP contribution in [0.25, 0.3) is 0 Å². The molecule has 4 nitrogen and oxygen atoms in total. The van der Waals surface area contributed by atoms with E-state index in [0.717, 1.165) is 19.4 Å². The van der Waals surface area contributed by atoms with Crippen molar-refractivity contribution in [2.24, 2.45) is 0 Å². The molecule has 0 aliphatic carbocycles. The maximum absolute atomic E-state index is 10.9. The molecule has 1 aromatic rings. The molecule has 19 heavy (non-hydrogen) atoms. The van der Waals surface area contributed by atoms with Crippen LogP contribution in [-0.4, -0.2) is 33.2 Å². The minimum atomic E-state index is 0.324. The second-order valence-corrected chi connectivity index (χ2v) is 4.86. The van der Waals surface area contributed by atoms with Gasteiger partial charge in [-0.2, -0.15) is 5.10 Å². The highest BCUT2D eigenvalue weighted by atomic mass is 16.2. The van der Waals surface area contributed by atoms with Gasteiger partial charge in [0.15, 0.2) is 0 Å². The average molecular weight is 267 g/mol. The van der Waals surface area contributed by atoms with Gasteiger partial charge in [-0.1, -0.05) is 13.8 Å². The molecule has 2 heterocycles. The van der Waals surface area contributed by atoms with E-state index in [9.17, 15) is 4.79 Å². The molecule has 2 rings (SSSR count). The van der Waals surface area contributed by atoms with Gasteiger partial charge in [0.25, 0.3) is 0 Å². The van der Waals surface area contributed by atoms with Crippen molar-refractivity contribution in [2.75, 3.05) is 6.54 Å². The fourth-order valence-corrected chi connectivity index (χ4v) is 1.80. The Morgan fingerprint density at radius 3 is 2.00 bits per heavy atom. The van der Waals surface area contributed by atoms with Gasteiger partial charge in [0.05, 0.1) is 0 Å². The summed E-state index contributed by atoms with van der Waals surface area (Å²) in [5, 5.41) is 4.03. The van der Waals surface area contributed by atoms with Gasteiger partial charge in [0.1, 0.15) is 0 Å². The number of carbonyl (C=O) groups is 1. The van der Waals surface area contributed by atoms with Gasteiger partial charge < -0.3 is 4.90 Å². The van der Waals surface area contributed by atoms with Gasteiger partial charge >= 0.3 is 0 Å². The second kappa shape index (κ2) is 9.59. The van der Waals surface area contributed by atoms with E-state index < -0.39 is 0 Å². The Morgan fingerprint density at radius 2 is 1.79 bits per heavy atom. The third kappa shape index (κ3) is 6.41. The summed E-state index contributed by atoms with van der Waals surface area (Å²) >= 11 is 0. The maximum atomic E-state index is 10.9. The van der Waals surface area contributed by atoms with Crippen molar-refractivity contribution in [3.63, 3.8) is 0 Å². The van der Waals surface area contributed by atoms with Crippen LogP contribution in [0, 0.1) is 0 Å². The molecule has 0 atom stereocenters. The first-order valence-corrected chi connectivity index (χ1v) is 7.31. The highest BCUT2D eigenvalue weighted by Gasteiger charge is 2.21. The normalized spacial score (nSPS) is 14.1. The van der Waals surface area contributed by atoms with E-state index in [-0.39, 0.29) is 0 Å². The number of likely N-dealkylation sites (tertiary alicyclic amines) is 1. The predicted molar refractivity (Wildman–Crippen MR) is 80.0 cm³/mol. The number of hydrogen-bond donors (Lipinski definition) is 0. The standard InChI is InChI=1S/C7H13NO.C6H10N2.C2H6/c1-6(2)8-5-3-4-7(8)9;1-6(2)8-5-3-4-7-8;1-2/h6H,3-5H2,1-2H3;3-6H,1-2H3;1-2H3. The predicted octanol–water partition coefficient (Wildman–Crippen LogP) is 3.51. The zero-order valence-corrected chi connectivity index (χ0v) is 13.3. The number of amides is 1. The summed E-state index contributed by atoms with van der Waals surface area (Å²) < 4.78 is 1.92. The van der Waals surface area contributed by atoms with E-state index >= 15 is 0 Å². The lowest BCUT2D eigenvalue weighted by molar-refractivity contribution is -0.129. The third-order valence-electron chi connectivity index (χ3n) is 2.79. The van der Waals surface area contributed by atoms with Crippen molar-refractivity contribution < 1.29 is 4.79 Å². The molecule has 1 aliphatic rings. The first-order valence-electron chi connectivity index (χ1n) is 7.31. The fourth-order valence-electron chi connectivity index (χ4n) is 1.80. The molecule has 1 fully saturated rings. The monoisotopic (exact) mass is 267 g/mol. The Kier molecular flexibility index (Phi) is 8.92. The number of carbonyl (C=O) groups excluding carboxylic acids is 1. The van der Waals surface area contributed by atoms with Crippen LogP contribution in [0.3, 0.4) is 0 Å². The highest BCUT2D eigenvalue weighted by molar-refractivity contribution is 5.78. The first-order chi connectivity index (χ1) is 9.02. The Balaban J connectivity index is 0.000000303. The highest BCUT2D eigenvalue weighted by Crippen LogP contribution is 2.12. The number of nitrogens with zero attached hydrogens (tertiary/aromatic N) is 3. The van der Waals surface area contributed by atoms with Crippen LogP contribution in [-0.2, 0) is 4.79 Å². The fraction of sp³-hybridized carbons (Fsp3) is 0.733. The molecule has 1 amide bonds. The smallest absolute Gasteiger partial charge is 0.222 e. The summed E-state index contributed by atoms with van der Waals surface area (Å²) in [6, 6.07) is 2.82. The summed E-state index contributed by atoms with van der Waals surface area (Å²) in [5.74, 6) is 0.324. The molecule has 0 unspecified atom stereocenters. The SMILES string of the molecule is CC.CC(C)N1CCCC1=O.CC(C)n1cccn1. The molecule has 1 aromatic heterocycles. The van der Waals surface area contributed by atoms with Crippen LogP contribution in [0.4, 0.5) is 0 Å². The van der Waals surface area contributed by atoms with Gasteiger partial charge in [-0.05, 0) is 40.2 Å². The minimum absolute atomic E-state index is 0.324. The molecule has 1 saturated heterocycles. The molecule has 0 N–H and O–H groups in total. The largest absolute Gasteiger partial charge is 0.340 e. The Bertz CT molecular complexity index is 331. The molecule has 0 saturated carbocycles. The Labute approximate surface area is 117 Å². The van der Waals surface area contributed by atoms with Gasteiger partial charge in [-0.3, -0.25) is 9.48 Å². The minimum Gasteiger partial charge on any atom is -0.340 e. The molecule has 0 spiro atoms. The van der Waals surface area contributed by atoms with Gasteiger partial charge in [-0.25, -0.2) is 0 Å². The van der Waals surface area contributed by atoms with Gasteiger partial charge in [-0.15, -0.1) is 0 Å². The van der Waals surface area contributed by atoms with E-state index in [0.29, 0.717) is 18.0 Å². The lowest BCUT2D eigenvalue weighted by atomic mass is 10.3. The van der Waals surface area contributed by atoms with Crippen LogP contribution in [0.5, 0.6) is 0 Å². The van der Waals surface area contributed by atoms with Crippen molar-refractivity contribution in [3.8, 4) is 0 Å². The van der Waals surface area contributed by atoms with Crippen LogP contribution in [0.2, 0.25) is 0 Å². The van der Waals surface area contributed by atoms with E-state index in [4.69, 9.17) is 0 Å². The zero-order chi connectivity index (χ0) is 14.8. The van der Waals surface area contributed by atoms with E-state index in [1.807, 2.05) is 35.7 Å². The summed E-state index contributed by atoms with van der Waals surface area (Å²) in [4.78, 5) is 12.9. The van der Waals surface area contributed by atoms with Gasteiger partial charge in [0, 0.05) is 37.4 Å². The van der Waals surface area contributed by atoms with Crippen molar-refractivity contribution in [1.82, 2.24) is 14.7 Å². The van der Waals surface area contributed by atoms with Crippen LogP contribution in [0.1, 0.15) is 60.4 Å². The molecule has 4 heteroatoms. The molecule has 110 valence electrons.